The highest BCUT2D eigenvalue weighted by Crippen LogP contribution is 2.45. The van der Waals surface area contributed by atoms with Crippen molar-refractivity contribution in [3.05, 3.63) is 21.4 Å². The van der Waals surface area contributed by atoms with E-state index < -0.39 is 0 Å². The summed E-state index contributed by atoms with van der Waals surface area (Å²) in [5.41, 5.74) is 4.49. The number of fused-ring (bicyclic) bond motifs is 3. The number of thiophene rings is 1. The molecule has 1 fully saturated rings. The van der Waals surface area contributed by atoms with Gasteiger partial charge >= 0.3 is 0 Å². The molecule has 3 aromatic heterocycles. The van der Waals surface area contributed by atoms with Crippen LogP contribution in [0.15, 0.2) is 9.85 Å². The minimum absolute atomic E-state index is 0.205. The SMILES string of the molecule is Cn1c(CCCO)nc2c(C3CC3)nc3cc(Br)sc3c21. The molecule has 0 saturated heterocycles. The van der Waals surface area contributed by atoms with Crippen LogP contribution in [0.1, 0.15) is 36.7 Å². The maximum Gasteiger partial charge on any atom is 0.112 e. The molecule has 4 rings (SSSR count). The zero-order valence-corrected chi connectivity index (χ0v) is 14.2. The predicted molar refractivity (Wildman–Crippen MR) is 89.0 cm³/mol. The second-order valence-electron chi connectivity index (χ2n) is 5.65. The molecule has 3 heterocycles. The van der Waals surface area contributed by atoms with Gasteiger partial charge in [-0.3, -0.25) is 0 Å². The number of aromatic nitrogens is 3. The van der Waals surface area contributed by atoms with Gasteiger partial charge in [-0.1, -0.05) is 0 Å². The van der Waals surface area contributed by atoms with Crippen molar-refractivity contribution >= 4 is 48.5 Å². The molecule has 1 N–H and O–H groups in total. The first-order valence-electron chi connectivity index (χ1n) is 7.24. The predicted octanol–water partition coefficient (Wildman–Crippen LogP) is 3.75. The zero-order valence-electron chi connectivity index (χ0n) is 11.8. The minimum atomic E-state index is 0.205. The van der Waals surface area contributed by atoms with Crippen molar-refractivity contribution in [2.75, 3.05) is 6.61 Å². The molecule has 0 unspecified atom stereocenters. The van der Waals surface area contributed by atoms with Gasteiger partial charge in [0, 0.05) is 26.0 Å². The Kier molecular flexibility index (Phi) is 3.28. The number of hydrogen-bond donors (Lipinski definition) is 1. The molecular weight excluding hydrogens is 350 g/mol. The topological polar surface area (TPSA) is 50.9 Å². The molecule has 21 heavy (non-hydrogen) atoms. The fourth-order valence-corrected chi connectivity index (χ4v) is 4.48. The van der Waals surface area contributed by atoms with Crippen molar-refractivity contribution in [1.29, 1.82) is 0 Å². The summed E-state index contributed by atoms with van der Waals surface area (Å²) in [4.78, 5) is 9.73. The molecule has 1 aliphatic carbocycles. The number of aliphatic hydroxyl groups excluding tert-OH is 1. The van der Waals surface area contributed by atoms with Crippen LogP contribution in [0, 0.1) is 0 Å². The number of rotatable bonds is 4. The Hall–Kier alpha value is -0.980. The quantitative estimate of drug-likeness (QED) is 0.765. The monoisotopic (exact) mass is 365 g/mol. The number of halogens is 1. The Morgan fingerprint density at radius 1 is 1.43 bits per heavy atom. The lowest BCUT2D eigenvalue weighted by Crippen LogP contribution is -1.99. The van der Waals surface area contributed by atoms with E-state index in [4.69, 9.17) is 15.1 Å². The van der Waals surface area contributed by atoms with Crippen LogP contribution in [0.25, 0.3) is 21.3 Å². The number of aliphatic hydroxyl groups is 1. The van der Waals surface area contributed by atoms with Gasteiger partial charge in [-0.05, 0) is 41.3 Å². The van der Waals surface area contributed by atoms with Gasteiger partial charge in [0.25, 0.3) is 0 Å². The maximum absolute atomic E-state index is 9.07. The second kappa shape index (κ2) is 5.04. The van der Waals surface area contributed by atoms with Crippen molar-refractivity contribution in [3.8, 4) is 0 Å². The minimum Gasteiger partial charge on any atom is -0.396 e. The summed E-state index contributed by atoms with van der Waals surface area (Å²) in [6.45, 7) is 0.205. The first kappa shape index (κ1) is 13.7. The number of hydrogen-bond acceptors (Lipinski definition) is 4. The summed E-state index contributed by atoms with van der Waals surface area (Å²) in [7, 11) is 2.08. The first-order valence-corrected chi connectivity index (χ1v) is 8.85. The smallest absolute Gasteiger partial charge is 0.112 e. The van der Waals surface area contributed by atoms with Crippen molar-refractivity contribution in [2.45, 2.75) is 31.6 Å². The van der Waals surface area contributed by atoms with Crippen LogP contribution in [0.3, 0.4) is 0 Å². The Bertz CT molecular complexity index is 835. The molecule has 0 bridgehead atoms. The number of pyridine rings is 1. The van der Waals surface area contributed by atoms with Gasteiger partial charge in [-0.25, -0.2) is 9.97 Å². The fourth-order valence-electron chi connectivity index (χ4n) is 2.87. The second-order valence-corrected chi connectivity index (χ2v) is 8.08. The third-order valence-electron chi connectivity index (χ3n) is 4.09. The molecule has 1 aliphatic rings. The normalized spacial score (nSPS) is 15.4. The van der Waals surface area contributed by atoms with E-state index in [0.717, 1.165) is 39.2 Å². The molecule has 0 aromatic carbocycles. The van der Waals surface area contributed by atoms with Gasteiger partial charge in [0.1, 0.15) is 11.3 Å². The molecule has 1 saturated carbocycles. The van der Waals surface area contributed by atoms with Crippen LogP contribution >= 0.6 is 27.3 Å². The van der Waals surface area contributed by atoms with Crippen molar-refractivity contribution in [2.24, 2.45) is 7.05 Å². The molecule has 6 heteroatoms. The summed E-state index contributed by atoms with van der Waals surface area (Å²) in [5, 5.41) is 9.07. The first-order chi connectivity index (χ1) is 10.2. The standard InChI is InChI=1S/C15H16BrN3OS/c1-19-11(3-2-6-20)18-13-12(8-4-5-8)17-9-7-10(16)21-15(9)14(13)19/h7-8,20H,2-6H2,1H3. The van der Waals surface area contributed by atoms with Crippen molar-refractivity contribution in [3.63, 3.8) is 0 Å². The third-order valence-corrected chi connectivity index (χ3v) is 5.73. The van der Waals surface area contributed by atoms with E-state index in [-0.39, 0.29) is 6.61 Å². The van der Waals surface area contributed by atoms with E-state index in [1.54, 1.807) is 11.3 Å². The molecule has 0 aliphatic heterocycles. The summed E-state index contributed by atoms with van der Waals surface area (Å²) in [6, 6.07) is 2.10. The molecule has 0 spiro atoms. The number of aryl methyl sites for hydroxylation is 2. The Labute approximate surface area is 135 Å². The molecule has 0 amide bonds. The van der Waals surface area contributed by atoms with Gasteiger partial charge in [0.15, 0.2) is 0 Å². The van der Waals surface area contributed by atoms with Crippen LogP contribution in [-0.4, -0.2) is 26.2 Å². The number of nitrogens with zero attached hydrogens (tertiary/aromatic N) is 3. The highest BCUT2D eigenvalue weighted by molar-refractivity contribution is 9.11. The Morgan fingerprint density at radius 2 is 2.24 bits per heavy atom. The summed E-state index contributed by atoms with van der Waals surface area (Å²) < 4.78 is 4.49. The van der Waals surface area contributed by atoms with Gasteiger partial charge in [-0.15, -0.1) is 11.3 Å². The highest BCUT2D eigenvalue weighted by atomic mass is 79.9. The van der Waals surface area contributed by atoms with Crippen LogP contribution in [0.2, 0.25) is 0 Å². The molecule has 0 radical (unpaired) electrons. The van der Waals surface area contributed by atoms with Crippen LogP contribution < -0.4 is 0 Å². The lowest BCUT2D eigenvalue weighted by atomic mass is 10.2. The van der Waals surface area contributed by atoms with Gasteiger partial charge in [-0.2, -0.15) is 0 Å². The fraction of sp³-hybridized carbons (Fsp3) is 0.467. The highest BCUT2D eigenvalue weighted by Gasteiger charge is 2.30. The largest absolute Gasteiger partial charge is 0.396 e. The summed E-state index contributed by atoms with van der Waals surface area (Å²) >= 11 is 5.29. The van der Waals surface area contributed by atoms with Crippen LogP contribution in [0.5, 0.6) is 0 Å². The van der Waals surface area contributed by atoms with E-state index in [1.165, 1.54) is 23.1 Å². The van der Waals surface area contributed by atoms with Crippen molar-refractivity contribution < 1.29 is 5.11 Å². The van der Waals surface area contributed by atoms with Gasteiger partial charge < -0.3 is 9.67 Å². The Morgan fingerprint density at radius 3 is 2.95 bits per heavy atom. The van der Waals surface area contributed by atoms with E-state index in [2.05, 4.69) is 33.6 Å². The third kappa shape index (κ3) is 2.20. The van der Waals surface area contributed by atoms with Crippen LogP contribution in [0.4, 0.5) is 0 Å². The molecule has 0 atom stereocenters. The maximum atomic E-state index is 9.07. The molecular formula is C15H16BrN3OS. The van der Waals surface area contributed by atoms with Crippen molar-refractivity contribution in [1.82, 2.24) is 14.5 Å². The van der Waals surface area contributed by atoms with E-state index in [0.29, 0.717) is 5.92 Å². The number of imidazole rings is 1. The molecule has 4 nitrogen and oxygen atoms in total. The molecule has 3 aromatic rings. The summed E-state index contributed by atoms with van der Waals surface area (Å²) in [5.74, 6) is 1.62. The zero-order chi connectivity index (χ0) is 14.6. The average molecular weight is 366 g/mol. The van der Waals surface area contributed by atoms with E-state index in [1.807, 2.05) is 0 Å². The average Bonchev–Trinajstić information content (AvgIpc) is 3.16. The van der Waals surface area contributed by atoms with Crippen LogP contribution in [-0.2, 0) is 13.5 Å². The van der Waals surface area contributed by atoms with E-state index in [9.17, 15) is 0 Å². The van der Waals surface area contributed by atoms with E-state index >= 15 is 0 Å². The van der Waals surface area contributed by atoms with Gasteiger partial charge in [0.2, 0.25) is 0 Å². The van der Waals surface area contributed by atoms with Gasteiger partial charge in [0.05, 0.1) is 25.2 Å². The molecule has 110 valence electrons. The Balaban J connectivity index is 2.02. The summed E-state index contributed by atoms with van der Waals surface area (Å²) in [6.07, 6.45) is 4.00. The lowest BCUT2D eigenvalue weighted by molar-refractivity contribution is 0.287. The lowest BCUT2D eigenvalue weighted by Gasteiger charge is -2.03.